The van der Waals surface area contributed by atoms with Crippen LogP contribution in [-0.4, -0.2) is 11.7 Å². The second-order valence-corrected chi connectivity index (χ2v) is 5.58. The predicted molar refractivity (Wildman–Crippen MR) is 81.2 cm³/mol. The first-order valence-corrected chi connectivity index (χ1v) is 6.97. The largest absolute Gasteiger partial charge is 0.396 e. The lowest BCUT2D eigenvalue weighted by atomic mass is 9.92. The van der Waals surface area contributed by atoms with Crippen molar-refractivity contribution >= 4 is 23.2 Å². The highest BCUT2D eigenvalue weighted by molar-refractivity contribution is 6.31. The third-order valence-corrected chi connectivity index (χ3v) is 3.80. The van der Waals surface area contributed by atoms with E-state index < -0.39 is 0 Å². The molecule has 1 atom stereocenters. The van der Waals surface area contributed by atoms with Gasteiger partial charge in [0.15, 0.2) is 0 Å². The molecule has 2 rings (SSSR count). The fourth-order valence-corrected chi connectivity index (χ4v) is 2.64. The van der Waals surface area contributed by atoms with E-state index >= 15 is 0 Å². The van der Waals surface area contributed by atoms with E-state index in [1.165, 1.54) is 0 Å². The summed E-state index contributed by atoms with van der Waals surface area (Å²) < 4.78 is 0. The third kappa shape index (κ3) is 3.73. The molecule has 0 spiro atoms. The van der Waals surface area contributed by atoms with Crippen molar-refractivity contribution in [2.75, 3.05) is 6.61 Å². The molecule has 0 aliphatic carbocycles. The molecule has 3 heteroatoms. The molecule has 2 aromatic carbocycles. The monoisotopic (exact) mass is 294 g/mol. The Kier molecular flexibility index (Phi) is 4.87. The minimum absolute atomic E-state index is 0.0129. The number of halogens is 2. The molecule has 0 radical (unpaired) electrons. The van der Waals surface area contributed by atoms with Crippen LogP contribution in [0.15, 0.2) is 42.5 Å². The van der Waals surface area contributed by atoms with E-state index in [1.807, 2.05) is 49.4 Å². The van der Waals surface area contributed by atoms with Crippen LogP contribution < -0.4 is 0 Å². The Morgan fingerprint density at radius 2 is 1.89 bits per heavy atom. The molecule has 1 N–H and O–H groups in total. The van der Waals surface area contributed by atoms with Crippen LogP contribution in [0.4, 0.5) is 0 Å². The van der Waals surface area contributed by atoms with Crippen LogP contribution in [0, 0.1) is 6.92 Å². The predicted octanol–water partition coefficient (Wildman–Crippen LogP) is 4.62. The SMILES string of the molecule is Cc1ccc(CC(CO)c2cccc(Cl)c2)c(Cl)c1. The number of aliphatic hydroxyl groups is 1. The Hall–Kier alpha value is -1.02. The van der Waals surface area contributed by atoms with E-state index in [0.29, 0.717) is 11.4 Å². The first kappa shape index (κ1) is 14.4. The van der Waals surface area contributed by atoms with Crippen molar-refractivity contribution in [3.63, 3.8) is 0 Å². The topological polar surface area (TPSA) is 20.2 Å². The molecule has 0 bridgehead atoms. The van der Waals surface area contributed by atoms with Gasteiger partial charge in [0.1, 0.15) is 0 Å². The summed E-state index contributed by atoms with van der Waals surface area (Å²) in [5.74, 6) is 0.0129. The van der Waals surface area contributed by atoms with E-state index in [0.717, 1.165) is 21.7 Å². The highest BCUT2D eigenvalue weighted by Gasteiger charge is 2.13. The van der Waals surface area contributed by atoms with Crippen LogP contribution in [0.5, 0.6) is 0 Å². The molecule has 0 amide bonds. The van der Waals surface area contributed by atoms with E-state index in [1.54, 1.807) is 0 Å². The molecule has 0 saturated carbocycles. The van der Waals surface area contributed by atoms with Gasteiger partial charge in [0.25, 0.3) is 0 Å². The van der Waals surface area contributed by atoms with Crippen molar-refractivity contribution < 1.29 is 5.11 Å². The maximum Gasteiger partial charge on any atom is 0.0502 e. The number of benzene rings is 2. The van der Waals surface area contributed by atoms with Crippen LogP contribution in [0.3, 0.4) is 0 Å². The Morgan fingerprint density at radius 3 is 2.53 bits per heavy atom. The summed E-state index contributed by atoms with van der Waals surface area (Å²) in [6, 6.07) is 13.6. The highest BCUT2D eigenvalue weighted by atomic mass is 35.5. The van der Waals surface area contributed by atoms with E-state index in [4.69, 9.17) is 23.2 Å². The van der Waals surface area contributed by atoms with Gasteiger partial charge in [0.05, 0.1) is 6.61 Å². The molecule has 0 fully saturated rings. The van der Waals surface area contributed by atoms with Gasteiger partial charge in [-0.25, -0.2) is 0 Å². The smallest absolute Gasteiger partial charge is 0.0502 e. The van der Waals surface area contributed by atoms with Gasteiger partial charge in [0.2, 0.25) is 0 Å². The van der Waals surface area contributed by atoms with Crippen molar-refractivity contribution in [3.05, 3.63) is 69.2 Å². The summed E-state index contributed by atoms with van der Waals surface area (Å²) in [5.41, 5.74) is 3.22. The molecular weight excluding hydrogens is 279 g/mol. The second-order valence-electron chi connectivity index (χ2n) is 4.73. The van der Waals surface area contributed by atoms with Crippen molar-refractivity contribution in [2.45, 2.75) is 19.3 Å². The fraction of sp³-hybridized carbons (Fsp3) is 0.250. The maximum absolute atomic E-state index is 9.59. The lowest BCUT2D eigenvalue weighted by molar-refractivity contribution is 0.264. The van der Waals surface area contributed by atoms with Gasteiger partial charge in [-0.3, -0.25) is 0 Å². The highest BCUT2D eigenvalue weighted by Crippen LogP contribution is 2.27. The summed E-state index contributed by atoms with van der Waals surface area (Å²) in [7, 11) is 0. The van der Waals surface area contributed by atoms with Crippen LogP contribution in [0.1, 0.15) is 22.6 Å². The van der Waals surface area contributed by atoms with E-state index in [2.05, 4.69) is 0 Å². The van der Waals surface area contributed by atoms with Gasteiger partial charge in [0, 0.05) is 16.0 Å². The number of rotatable bonds is 4. The quantitative estimate of drug-likeness (QED) is 0.872. The Bertz CT molecular complexity index is 566. The van der Waals surface area contributed by atoms with Crippen LogP contribution >= 0.6 is 23.2 Å². The Balaban J connectivity index is 2.24. The summed E-state index contributed by atoms with van der Waals surface area (Å²) in [5, 5.41) is 11.0. The molecule has 0 saturated heterocycles. The lowest BCUT2D eigenvalue weighted by Crippen LogP contribution is -2.08. The molecule has 1 nitrogen and oxygen atoms in total. The van der Waals surface area contributed by atoms with Crippen LogP contribution in [0.2, 0.25) is 10.0 Å². The molecule has 2 aromatic rings. The van der Waals surface area contributed by atoms with Gasteiger partial charge in [-0.2, -0.15) is 0 Å². The minimum Gasteiger partial charge on any atom is -0.396 e. The van der Waals surface area contributed by atoms with E-state index in [9.17, 15) is 5.11 Å². The standard InChI is InChI=1S/C16H16Cl2O/c1-11-5-6-13(16(18)7-11)8-14(10-19)12-3-2-4-15(17)9-12/h2-7,9,14,19H,8,10H2,1H3. The van der Waals surface area contributed by atoms with Gasteiger partial charge >= 0.3 is 0 Å². The molecule has 19 heavy (non-hydrogen) atoms. The van der Waals surface area contributed by atoms with Gasteiger partial charge in [-0.1, -0.05) is 47.5 Å². The molecule has 1 unspecified atom stereocenters. The summed E-state index contributed by atoms with van der Waals surface area (Å²) in [6.07, 6.45) is 0.704. The number of aliphatic hydroxyl groups excluding tert-OH is 1. The summed E-state index contributed by atoms with van der Waals surface area (Å²) in [4.78, 5) is 0. The first-order valence-electron chi connectivity index (χ1n) is 6.21. The molecular formula is C16H16Cl2O. The summed E-state index contributed by atoms with van der Waals surface area (Å²) in [6.45, 7) is 2.08. The van der Waals surface area contributed by atoms with Gasteiger partial charge in [-0.15, -0.1) is 0 Å². The maximum atomic E-state index is 9.59. The van der Waals surface area contributed by atoms with Crippen molar-refractivity contribution in [2.24, 2.45) is 0 Å². The second kappa shape index (κ2) is 6.42. The lowest BCUT2D eigenvalue weighted by Gasteiger charge is -2.16. The Morgan fingerprint density at radius 1 is 1.11 bits per heavy atom. The van der Waals surface area contributed by atoms with E-state index in [-0.39, 0.29) is 12.5 Å². The zero-order valence-electron chi connectivity index (χ0n) is 10.7. The molecule has 0 heterocycles. The molecule has 100 valence electrons. The fourth-order valence-electron chi connectivity index (χ4n) is 2.13. The number of aryl methyl sites for hydroxylation is 1. The normalized spacial score (nSPS) is 12.4. The Labute approximate surface area is 123 Å². The average Bonchev–Trinajstić information content (AvgIpc) is 2.38. The molecule has 0 aliphatic rings. The number of hydrogen-bond acceptors (Lipinski definition) is 1. The zero-order valence-corrected chi connectivity index (χ0v) is 12.2. The van der Waals surface area contributed by atoms with Crippen molar-refractivity contribution in [1.82, 2.24) is 0 Å². The van der Waals surface area contributed by atoms with Crippen molar-refractivity contribution in [1.29, 1.82) is 0 Å². The minimum atomic E-state index is 0.0129. The number of hydrogen-bond donors (Lipinski definition) is 1. The van der Waals surface area contributed by atoms with Crippen LogP contribution in [0.25, 0.3) is 0 Å². The zero-order chi connectivity index (χ0) is 13.8. The van der Waals surface area contributed by atoms with Crippen molar-refractivity contribution in [3.8, 4) is 0 Å². The molecule has 0 aliphatic heterocycles. The first-order chi connectivity index (χ1) is 9.10. The average molecular weight is 295 g/mol. The van der Waals surface area contributed by atoms with Crippen LogP contribution in [-0.2, 0) is 6.42 Å². The summed E-state index contributed by atoms with van der Waals surface area (Å²) >= 11 is 12.2. The van der Waals surface area contributed by atoms with Gasteiger partial charge in [-0.05, 0) is 48.2 Å². The third-order valence-electron chi connectivity index (χ3n) is 3.22. The molecule has 0 aromatic heterocycles. The van der Waals surface area contributed by atoms with Gasteiger partial charge < -0.3 is 5.11 Å².